The van der Waals surface area contributed by atoms with Gasteiger partial charge in [0.05, 0.1) is 11.7 Å². The highest BCUT2D eigenvalue weighted by atomic mass is 79.9. The third kappa shape index (κ3) is 3.84. The van der Waals surface area contributed by atoms with E-state index in [1.165, 1.54) is 10.9 Å². The van der Waals surface area contributed by atoms with Crippen molar-refractivity contribution in [3.63, 3.8) is 0 Å². The molecule has 0 bridgehead atoms. The summed E-state index contributed by atoms with van der Waals surface area (Å²) in [4.78, 5) is 33.7. The average Bonchev–Trinajstić information content (AvgIpc) is 3.05. The minimum absolute atomic E-state index is 0.0144. The minimum atomic E-state index is -0.158. The van der Waals surface area contributed by atoms with Crippen LogP contribution in [0.15, 0.2) is 39.9 Å². The van der Waals surface area contributed by atoms with Crippen LogP contribution in [0.2, 0.25) is 0 Å². The van der Waals surface area contributed by atoms with E-state index in [0.717, 1.165) is 31.7 Å². The van der Waals surface area contributed by atoms with E-state index in [9.17, 15) is 9.59 Å². The van der Waals surface area contributed by atoms with Crippen LogP contribution in [-0.2, 0) is 17.8 Å². The quantitative estimate of drug-likeness (QED) is 0.565. The maximum atomic E-state index is 13.2. The molecule has 3 aromatic rings. The van der Waals surface area contributed by atoms with Crippen molar-refractivity contribution in [2.75, 3.05) is 13.1 Å². The predicted molar refractivity (Wildman–Crippen MR) is 114 cm³/mol. The number of halogens is 1. The average molecular weight is 448 g/mol. The molecule has 2 aromatic heterocycles. The highest BCUT2D eigenvalue weighted by Crippen LogP contribution is 2.36. The lowest BCUT2D eigenvalue weighted by atomic mass is 10.0. The van der Waals surface area contributed by atoms with Gasteiger partial charge in [-0.1, -0.05) is 35.0 Å². The summed E-state index contributed by atoms with van der Waals surface area (Å²) in [5, 5.41) is 0.606. The number of hydrogen-bond donors (Lipinski definition) is 0. The molecule has 0 spiro atoms. The Morgan fingerprint density at radius 2 is 1.85 bits per heavy atom. The number of amides is 1. The van der Waals surface area contributed by atoms with Gasteiger partial charge in [0.25, 0.3) is 5.56 Å². The molecule has 0 saturated carbocycles. The Kier molecular flexibility index (Phi) is 6.11. The second-order valence-electron chi connectivity index (χ2n) is 6.18. The molecule has 0 saturated heterocycles. The molecule has 0 fully saturated rings. The fourth-order valence-electron chi connectivity index (χ4n) is 3.18. The second kappa shape index (κ2) is 8.35. The van der Waals surface area contributed by atoms with E-state index in [1.54, 1.807) is 16.2 Å². The van der Waals surface area contributed by atoms with Crippen molar-refractivity contribution in [2.45, 2.75) is 33.7 Å². The van der Waals surface area contributed by atoms with E-state index >= 15 is 0 Å². The second-order valence-corrected chi connectivity index (χ2v) is 8.18. The monoisotopic (exact) mass is 447 g/mol. The molecular formula is C20H22BrN3O2S. The number of aromatic nitrogens is 2. The van der Waals surface area contributed by atoms with Gasteiger partial charge in [0.1, 0.15) is 11.4 Å². The molecule has 3 rings (SSSR count). The number of aryl methyl sites for hydroxylation is 1. The minimum Gasteiger partial charge on any atom is -0.342 e. The van der Waals surface area contributed by atoms with Gasteiger partial charge in [-0.15, -0.1) is 11.3 Å². The molecule has 2 heterocycles. The molecule has 0 unspecified atom stereocenters. The first-order valence-corrected chi connectivity index (χ1v) is 10.7. The van der Waals surface area contributed by atoms with E-state index < -0.39 is 0 Å². The van der Waals surface area contributed by atoms with E-state index in [-0.39, 0.29) is 18.0 Å². The molecule has 0 radical (unpaired) electrons. The fourth-order valence-corrected chi connectivity index (χ4v) is 4.53. The van der Waals surface area contributed by atoms with Gasteiger partial charge in [-0.2, -0.15) is 0 Å². The highest BCUT2D eigenvalue weighted by molar-refractivity contribution is 9.10. The number of likely N-dealkylation sites (N-methyl/N-ethyl adjacent to an activating group) is 1. The Morgan fingerprint density at radius 3 is 2.44 bits per heavy atom. The molecule has 0 atom stereocenters. The first kappa shape index (κ1) is 19.8. The normalized spacial score (nSPS) is 11.1. The SMILES string of the molecule is CCc1sc2ncn(CC(=O)N(CC)CC)c(=O)c2c1-c1ccc(Br)cc1. The molecule has 142 valence electrons. The molecular weight excluding hydrogens is 426 g/mol. The van der Waals surface area contributed by atoms with Crippen LogP contribution in [0.3, 0.4) is 0 Å². The Bertz CT molecular complexity index is 1020. The lowest BCUT2D eigenvalue weighted by molar-refractivity contribution is -0.131. The van der Waals surface area contributed by atoms with Gasteiger partial charge in [0.15, 0.2) is 0 Å². The number of rotatable bonds is 6. The standard InChI is InChI=1S/C20H22BrN3O2S/c1-4-15-17(13-7-9-14(21)10-8-13)18-19(27-15)22-12-24(20(18)26)11-16(25)23(5-2)6-3/h7-10,12H,4-6,11H2,1-3H3. The number of benzene rings is 1. The summed E-state index contributed by atoms with van der Waals surface area (Å²) in [6.07, 6.45) is 2.32. The molecule has 0 aliphatic carbocycles. The number of nitrogens with zero attached hydrogens (tertiary/aromatic N) is 3. The van der Waals surface area contributed by atoms with Crippen LogP contribution in [-0.4, -0.2) is 33.4 Å². The van der Waals surface area contributed by atoms with E-state index in [0.29, 0.717) is 18.5 Å². The smallest absolute Gasteiger partial charge is 0.263 e. The summed E-state index contributed by atoms with van der Waals surface area (Å²) < 4.78 is 2.42. The molecule has 5 nitrogen and oxygen atoms in total. The molecule has 0 aliphatic rings. The summed E-state index contributed by atoms with van der Waals surface area (Å²) in [7, 11) is 0. The van der Waals surface area contributed by atoms with Crippen molar-refractivity contribution in [1.82, 2.24) is 14.5 Å². The summed E-state index contributed by atoms with van der Waals surface area (Å²) in [5.74, 6) is -0.0700. The van der Waals surface area contributed by atoms with Crippen molar-refractivity contribution in [2.24, 2.45) is 0 Å². The van der Waals surface area contributed by atoms with Crippen LogP contribution in [0.25, 0.3) is 21.3 Å². The first-order valence-electron chi connectivity index (χ1n) is 9.04. The molecule has 0 N–H and O–H groups in total. The molecule has 7 heteroatoms. The third-order valence-corrected chi connectivity index (χ3v) is 6.40. The van der Waals surface area contributed by atoms with E-state index in [1.807, 2.05) is 38.1 Å². The van der Waals surface area contributed by atoms with Gasteiger partial charge in [0.2, 0.25) is 5.91 Å². The lowest BCUT2D eigenvalue weighted by Gasteiger charge is -2.19. The number of carbonyl (C=O) groups excluding carboxylic acids is 1. The fraction of sp³-hybridized carbons (Fsp3) is 0.350. The van der Waals surface area contributed by atoms with Gasteiger partial charge < -0.3 is 4.90 Å². The molecule has 27 heavy (non-hydrogen) atoms. The maximum Gasteiger partial charge on any atom is 0.263 e. The topological polar surface area (TPSA) is 55.2 Å². The van der Waals surface area contributed by atoms with Crippen LogP contribution < -0.4 is 5.56 Å². The third-order valence-electron chi connectivity index (χ3n) is 4.63. The Hall–Kier alpha value is -1.99. The summed E-state index contributed by atoms with van der Waals surface area (Å²) in [5.41, 5.74) is 1.77. The Balaban J connectivity index is 2.14. The van der Waals surface area contributed by atoms with Crippen molar-refractivity contribution in [1.29, 1.82) is 0 Å². The number of fused-ring (bicyclic) bond motifs is 1. The zero-order chi connectivity index (χ0) is 19.6. The summed E-state index contributed by atoms with van der Waals surface area (Å²) >= 11 is 5.01. The summed E-state index contributed by atoms with van der Waals surface area (Å²) in [6.45, 7) is 7.22. The number of thiophene rings is 1. The largest absolute Gasteiger partial charge is 0.342 e. The zero-order valence-corrected chi connectivity index (χ0v) is 18.1. The van der Waals surface area contributed by atoms with Crippen LogP contribution in [0, 0.1) is 0 Å². The van der Waals surface area contributed by atoms with Gasteiger partial charge in [-0.3, -0.25) is 14.2 Å². The summed E-state index contributed by atoms with van der Waals surface area (Å²) in [6, 6.07) is 7.94. The Labute approximate surface area is 170 Å². The van der Waals surface area contributed by atoms with Gasteiger partial charge in [0, 0.05) is 28.0 Å². The number of carbonyl (C=O) groups is 1. The van der Waals surface area contributed by atoms with Crippen LogP contribution >= 0.6 is 27.3 Å². The first-order chi connectivity index (χ1) is 13.0. The van der Waals surface area contributed by atoms with E-state index in [4.69, 9.17) is 0 Å². The van der Waals surface area contributed by atoms with Crippen molar-refractivity contribution < 1.29 is 4.79 Å². The van der Waals surface area contributed by atoms with Crippen molar-refractivity contribution in [3.05, 3.63) is 50.3 Å². The van der Waals surface area contributed by atoms with Crippen molar-refractivity contribution >= 4 is 43.4 Å². The zero-order valence-electron chi connectivity index (χ0n) is 15.7. The van der Waals surface area contributed by atoms with E-state index in [2.05, 4.69) is 27.8 Å². The molecule has 1 amide bonds. The lowest BCUT2D eigenvalue weighted by Crippen LogP contribution is -2.36. The molecule has 0 aliphatic heterocycles. The van der Waals surface area contributed by atoms with Crippen LogP contribution in [0.5, 0.6) is 0 Å². The maximum absolute atomic E-state index is 13.2. The van der Waals surface area contributed by atoms with Crippen molar-refractivity contribution in [3.8, 4) is 11.1 Å². The molecule has 1 aromatic carbocycles. The van der Waals surface area contributed by atoms with Gasteiger partial charge in [-0.05, 0) is 38.0 Å². The highest BCUT2D eigenvalue weighted by Gasteiger charge is 2.19. The number of hydrogen-bond acceptors (Lipinski definition) is 4. The van der Waals surface area contributed by atoms with Crippen LogP contribution in [0.1, 0.15) is 25.6 Å². The van der Waals surface area contributed by atoms with Crippen LogP contribution in [0.4, 0.5) is 0 Å². The van der Waals surface area contributed by atoms with Gasteiger partial charge in [-0.25, -0.2) is 4.98 Å². The van der Waals surface area contributed by atoms with Gasteiger partial charge >= 0.3 is 0 Å². The predicted octanol–water partition coefficient (Wildman–Crippen LogP) is 4.32. The Morgan fingerprint density at radius 1 is 1.19 bits per heavy atom.